The first-order chi connectivity index (χ1) is 14.2. The van der Waals surface area contributed by atoms with Crippen LogP contribution in [0.3, 0.4) is 0 Å². The zero-order valence-corrected chi connectivity index (χ0v) is 17.4. The zero-order chi connectivity index (χ0) is 20.2. The minimum absolute atomic E-state index is 0.261. The van der Waals surface area contributed by atoms with E-state index in [2.05, 4.69) is 35.2 Å². The number of nitrogens with zero attached hydrogens (tertiary/aromatic N) is 2. The Labute approximate surface area is 173 Å². The van der Waals surface area contributed by atoms with E-state index in [-0.39, 0.29) is 5.91 Å². The molecular formula is C24H30N2O3. The van der Waals surface area contributed by atoms with Crippen LogP contribution >= 0.6 is 0 Å². The second kappa shape index (κ2) is 8.87. The summed E-state index contributed by atoms with van der Waals surface area (Å²) in [5.74, 6) is 1.87. The van der Waals surface area contributed by atoms with E-state index in [0.717, 1.165) is 69.0 Å². The van der Waals surface area contributed by atoms with Crippen molar-refractivity contribution in [3.05, 3.63) is 53.1 Å². The maximum Gasteiger partial charge on any atom is 0.227 e. The summed E-state index contributed by atoms with van der Waals surface area (Å²) in [6, 6.07) is 12.5. The molecule has 2 aromatic carbocycles. The molecule has 0 saturated heterocycles. The number of ether oxygens (including phenoxy) is 2. The number of amides is 1. The minimum Gasteiger partial charge on any atom is -0.493 e. The summed E-state index contributed by atoms with van der Waals surface area (Å²) in [4.78, 5) is 16.9. The van der Waals surface area contributed by atoms with Crippen molar-refractivity contribution in [3.8, 4) is 11.5 Å². The van der Waals surface area contributed by atoms with Crippen molar-refractivity contribution >= 4 is 11.6 Å². The van der Waals surface area contributed by atoms with Crippen molar-refractivity contribution in [1.82, 2.24) is 4.90 Å². The van der Waals surface area contributed by atoms with Crippen molar-refractivity contribution in [2.45, 2.75) is 38.6 Å². The summed E-state index contributed by atoms with van der Waals surface area (Å²) in [5, 5.41) is 0. The molecule has 5 nitrogen and oxygen atoms in total. The number of methoxy groups -OCH3 is 2. The van der Waals surface area contributed by atoms with E-state index in [1.54, 1.807) is 14.2 Å². The van der Waals surface area contributed by atoms with Crippen LogP contribution < -0.4 is 14.4 Å². The second-order valence-electron chi connectivity index (χ2n) is 7.88. The topological polar surface area (TPSA) is 42.0 Å². The summed E-state index contributed by atoms with van der Waals surface area (Å²) in [6.07, 6.45) is 4.65. The molecule has 154 valence electrons. The van der Waals surface area contributed by atoms with Gasteiger partial charge < -0.3 is 14.4 Å². The molecule has 0 saturated carbocycles. The van der Waals surface area contributed by atoms with Crippen LogP contribution in [0.1, 0.15) is 36.0 Å². The number of unbranched alkanes of at least 4 members (excludes halogenated alkanes) is 1. The lowest BCUT2D eigenvalue weighted by Gasteiger charge is -2.31. The van der Waals surface area contributed by atoms with Gasteiger partial charge in [0.2, 0.25) is 5.91 Å². The lowest BCUT2D eigenvalue weighted by Crippen LogP contribution is -2.36. The molecule has 0 aromatic heterocycles. The molecular weight excluding hydrogens is 364 g/mol. The van der Waals surface area contributed by atoms with Gasteiger partial charge >= 0.3 is 0 Å². The third-order valence-electron chi connectivity index (χ3n) is 6.09. The molecule has 0 radical (unpaired) electrons. The fraction of sp³-hybridized carbons (Fsp3) is 0.458. The van der Waals surface area contributed by atoms with E-state index in [4.69, 9.17) is 9.47 Å². The summed E-state index contributed by atoms with van der Waals surface area (Å²) in [6.45, 7) is 3.87. The number of carbonyl (C=O) groups is 1. The van der Waals surface area contributed by atoms with E-state index < -0.39 is 0 Å². The van der Waals surface area contributed by atoms with Crippen molar-refractivity contribution in [2.75, 3.05) is 38.8 Å². The van der Waals surface area contributed by atoms with Crippen LogP contribution in [0.5, 0.6) is 11.5 Å². The number of aryl methyl sites for hydroxylation is 1. The summed E-state index contributed by atoms with van der Waals surface area (Å²) < 4.78 is 10.9. The van der Waals surface area contributed by atoms with Crippen LogP contribution in [-0.4, -0.2) is 44.7 Å². The Morgan fingerprint density at radius 2 is 1.59 bits per heavy atom. The monoisotopic (exact) mass is 394 g/mol. The average molecular weight is 395 g/mol. The maximum atomic E-state index is 12.4. The highest BCUT2D eigenvalue weighted by Crippen LogP contribution is 2.33. The molecule has 1 amide bonds. The lowest BCUT2D eigenvalue weighted by atomic mass is 9.98. The number of benzene rings is 2. The number of carbonyl (C=O) groups excluding carboxylic acids is 1. The Morgan fingerprint density at radius 1 is 0.862 bits per heavy atom. The molecule has 0 atom stereocenters. The van der Waals surface area contributed by atoms with Crippen molar-refractivity contribution in [3.63, 3.8) is 0 Å². The van der Waals surface area contributed by atoms with Gasteiger partial charge in [-0.25, -0.2) is 0 Å². The molecule has 4 rings (SSSR count). The Bertz CT molecular complexity index is 880. The Balaban J connectivity index is 1.31. The molecule has 29 heavy (non-hydrogen) atoms. The highest BCUT2D eigenvalue weighted by atomic mass is 16.5. The van der Waals surface area contributed by atoms with Gasteiger partial charge in [0.05, 0.1) is 14.2 Å². The highest BCUT2D eigenvalue weighted by molar-refractivity contribution is 5.96. The molecule has 2 aliphatic rings. The minimum atomic E-state index is 0.261. The molecule has 0 aliphatic carbocycles. The van der Waals surface area contributed by atoms with Crippen molar-refractivity contribution in [1.29, 1.82) is 0 Å². The van der Waals surface area contributed by atoms with Gasteiger partial charge in [-0.2, -0.15) is 0 Å². The molecule has 0 spiro atoms. The SMILES string of the molecule is COc1cc2c(cc1OC)CN(CCCCN1C(=O)CCc3ccccc31)CC2. The van der Waals surface area contributed by atoms with E-state index in [1.165, 1.54) is 16.7 Å². The molecule has 0 bridgehead atoms. The predicted molar refractivity (Wildman–Crippen MR) is 115 cm³/mol. The number of fused-ring (bicyclic) bond motifs is 2. The number of rotatable bonds is 7. The van der Waals surface area contributed by atoms with Crippen LogP contribution in [0, 0.1) is 0 Å². The lowest BCUT2D eigenvalue weighted by molar-refractivity contribution is -0.118. The van der Waals surface area contributed by atoms with Gasteiger partial charge in [0, 0.05) is 31.7 Å². The number of para-hydroxylation sites is 1. The average Bonchev–Trinajstić information content (AvgIpc) is 2.76. The second-order valence-corrected chi connectivity index (χ2v) is 7.88. The summed E-state index contributed by atoms with van der Waals surface area (Å²) in [5.41, 5.74) is 5.09. The van der Waals surface area contributed by atoms with Gasteiger partial charge in [-0.15, -0.1) is 0 Å². The molecule has 2 aromatic rings. The van der Waals surface area contributed by atoms with Gasteiger partial charge in [0.1, 0.15) is 0 Å². The third-order valence-corrected chi connectivity index (χ3v) is 6.09. The van der Waals surface area contributed by atoms with E-state index in [9.17, 15) is 4.79 Å². The first-order valence-electron chi connectivity index (χ1n) is 10.5. The van der Waals surface area contributed by atoms with Gasteiger partial charge in [-0.1, -0.05) is 18.2 Å². The summed E-state index contributed by atoms with van der Waals surface area (Å²) in [7, 11) is 3.37. The summed E-state index contributed by atoms with van der Waals surface area (Å²) >= 11 is 0. The fourth-order valence-electron chi connectivity index (χ4n) is 4.48. The van der Waals surface area contributed by atoms with E-state index in [1.807, 2.05) is 11.0 Å². The number of anilines is 1. The number of hydrogen-bond acceptors (Lipinski definition) is 4. The molecule has 2 aliphatic heterocycles. The fourth-order valence-corrected chi connectivity index (χ4v) is 4.48. The van der Waals surface area contributed by atoms with Crippen molar-refractivity contribution in [2.24, 2.45) is 0 Å². The maximum absolute atomic E-state index is 12.4. The first-order valence-corrected chi connectivity index (χ1v) is 10.5. The Kier molecular flexibility index (Phi) is 6.05. The normalized spacial score (nSPS) is 16.3. The Morgan fingerprint density at radius 3 is 2.38 bits per heavy atom. The van der Waals surface area contributed by atoms with Gasteiger partial charge in [0.15, 0.2) is 11.5 Å². The van der Waals surface area contributed by atoms with Crippen molar-refractivity contribution < 1.29 is 14.3 Å². The van der Waals surface area contributed by atoms with Crippen LogP contribution in [0.15, 0.2) is 36.4 Å². The van der Waals surface area contributed by atoms with E-state index >= 15 is 0 Å². The highest BCUT2D eigenvalue weighted by Gasteiger charge is 2.23. The Hall–Kier alpha value is -2.53. The molecule has 0 unspecified atom stereocenters. The van der Waals surface area contributed by atoms with Gasteiger partial charge in [-0.05, 0) is 67.1 Å². The third kappa shape index (κ3) is 4.25. The first kappa shape index (κ1) is 19.8. The quantitative estimate of drug-likeness (QED) is 0.670. The van der Waals surface area contributed by atoms with Crippen LogP contribution in [0.2, 0.25) is 0 Å². The van der Waals surface area contributed by atoms with Crippen LogP contribution in [0.25, 0.3) is 0 Å². The van der Waals surface area contributed by atoms with Crippen LogP contribution in [-0.2, 0) is 24.2 Å². The predicted octanol–water partition coefficient (Wildman–Crippen LogP) is 3.82. The van der Waals surface area contributed by atoms with E-state index in [0.29, 0.717) is 6.42 Å². The molecule has 0 fully saturated rings. The number of hydrogen-bond donors (Lipinski definition) is 0. The molecule has 2 heterocycles. The van der Waals surface area contributed by atoms with Gasteiger partial charge in [0.25, 0.3) is 0 Å². The molecule has 0 N–H and O–H groups in total. The standard InChI is InChI=1S/C24H30N2O3/c1-28-22-15-19-11-14-25(17-20(19)16-23(22)29-2)12-5-6-13-26-21-8-4-3-7-18(21)9-10-24(26)27/h3-4,7-8,15-16H,5-6,9-14,17H2,1-2H3. The zero-order valence-electron chi connectivity index (χ0n) is 17.4. The van der Waals surface area contributed by atoms with Crippen LogP contribution in [0.4, 0.5) is 5.69 Å². The smallest absolute Gasteiger partial charge is 0.227 e. The molecule has 5 heteroatoms. The largest absolute Gasteiger partial charge is 0.493 e. The van der Waals surface area contributed by atoms with Gasteiger partial charge in [-0.3, -0.25) is 9.69 Å².